The zero-order chi connectivity index (χ0) is 43.9. The highest BCUT2D eigenvalue weighted by Crippen LogP contribution is 2.43. The lowest BCUT2D eigenvalue weighted by molar-refractivity contribution is -0.161. The number of nitrogens with one attached hydrogen (secondary N) is 1. The van der Waals surface area contributed by atoms with E-state index in [-0.39, 0.29) is 26.1 Å². The Hall–Kier alpha value is -2.03. The Morgan fingerprint density at radius 1 is 0.517 bits per heavy atom. The molecule has 0 aromatic carbocycles. The minimum absolute atomic E-state index is 0.0252. The Balaban J connectivity index is 4.20. The van der Waals surface area contributed by atoms with E-state index < -0.39 is 32.5 Å². The Labute approximate surface area is 369 Å². The van der Waals surface area contributed by atoms with Crippen LogP contribution in [0, 0.1) is 0 Å². The maximum atomic E-state index is 12.7. The summed E-state index contributed by atoms with van der Waals surface area (Å²) in [6, 6.07) is 0. The third-order valence-electron chi connectivity index (χ3n) is 10.4. The van der Waals surface area contributed by atoms with E-state index >= 15 is 0 Å². The summed E-state index contributed by atoms with van der Waals surface area (Å²) in [6.07, 6.45) is 53.1. The normalized spacial score (nSPS) is 13.6. The van der Waals surface area contributed by atoms with Gasteiger partial charge in [-0.2, -0.15) is 0 Å². The molecule has 0 amide bonds. The molecule has 2 unspecified atom stereocenters. The molecule has 0 aliphatic rings. The van der Waals surface area contributed by atoms with Gasteiger partial charge >= 0.3 is 19.8 Å². The fraction of sp³-hybridized carbons (Fsp3) is 0.800. The largest absolute Gasteiger partial charge is 0.472 e. The fourth-order valence-electron chi connectivity index (χ4n) is 6.68. The number of carbonyl (C=O) groups excluding carboxylic acids is 2. The Kier molecular flexibility index (Phi) is 44.9. The summed E-state index contributed by atoms with van der Waals surface area (Å²) >= 11 is 0. The van der Waals surface area contributed by atoms with E-state index in [1.54, 1.807) is 7.05 Å². The molecular formula is C50H92NO8P. The first-order valence-corrected chi connectivity index (χ1v) is 26.1. The summed E-state index contributed by atoms with van der Waals surface area (Å²) in [5.74, 6) is -0.864. The lowest BCUT2D eigenvalue weighted by Gasteiger charge is -2.20. The average Bonchev–Trinajstić information content (AvgIpc) is 3.23. The van der Waals surface area contributed by atoms with Gasteiger partial charge in [0.2, 0.25) is 0 Å². The molecule has 0 radical (unpaired) electrons. The number of rotatable bonds is 46. The van der Waals surface area contributed by atoms with Gasteiger partial charge in [-0.3, -0.25) is 18.6 Å². The molecule has 10 heteroatoms. The molecule has 0 spiro atoms. The molecule has 0 aliphatic heterocycles. The highest BCUT2D eigenvalue weighted by Gasteiger charge is 2.26. The summed E-state index contributed by atoms with van der Waals surface area (Å²) in [4.78, 5) is 35.2. The molecule has 60 heavy (non-hydrogen) atoms. The Bertz CT molecular complexity index is 1120. The van der Waals surface area contributed by atoms with Crippen molar-refractivity contribution in [2.45, 2.75) is 225 Å². The van der Waals surface area contributed by atoms with Crippen molar-refractivity contribution in [1.82, 2.24) is 5.32 Å². The lowest BCUT2D eigenvalue weighted by Crippen LogP contribution is -2.29. The van der Waals surface area contributed by atoms with Gasteiger partial charge in [0.15, 0.2) is 6.10 Å². The van der Waals surface area contributed by atoms with Gasteiger partial charge in [-0.05, 0) is 77.7 Å². The Morgan fingerprint density at radius 2 is 0.917 bits per heavy atom. The zero-order valence-electron chi connectivity index (χ0n) is 38.9. The van der Waals surface area contributed by atoms with Gasteiger partial charge in [-0.1, -0.05) is 184 Å². The highest BCUT2D eigenvalue weighted by atomic mass is 31.2. The first kappa shape index (κ1) is 58.0. The Morgan fingerprint density at radius 3 is 1.40 bits per heavy atom. The first-order chi connectivity index (χ1) is 29.3. The molecule has 9 nitrogen and oxygen atoms in total. The molecule has 0 aliphatic carbocycles. The molecule has 350 valence electrons. The van der Waals surface area contributed by atoms with Crippen LogP contribution in [0.1, 0.15) is 219 Å². The van der Waals surface area contributed by atoms with Gasteiger partial charge in [0.05, 0.1) is 13.2 Å². The van der Waals surface area contributed by atoms with Crippen LogP contribution in [0.3, 0.4) is 0 Å². The number of phosphoric acid groups is 1. The van der Waals surface area contributed by atoms with Crippen molar-refractivity contribution in [3.05, 3.63) is 48.6 Å². The van der Waals surface area contributed by atoms with Crippen molar-refractivity contribution in [3.63, 3.8) is 0 Å². The molecule has 0 heterocycles. The molecule has 2 atom stereocenters. The zero-order valence-corrected chi connectivity index (χ0v) is 39.8. The molecule has 0 saturated heterocycles. The van der Waals surface area contributed by atoms with E-state index in [2.05, 4.69) is 67.8 Å². The number of carbonyl (C=O) groups is 2. The van der Waals surface area contributed by atoms with Crippen LogP contribution in [0.5, 0.6) is 0 Å². The maximum absolute atomic E-state index is 12.7. The number of phosphoric ester groups is 1. The number of unbranched alkanes of at least 4 members (excludes halogenated alkanes) is 24. The van der Waals surface area contributed by atoms with Crippen LogP contribution in [0.25, 0.3) is 0 Å². The van der Waals surface area contributed by atoms with E-state index in [4.69, 9.17) is 18.5 Å². The van der Waals surface area contributed by atoms with Crippen LogP contribution in [0.4, 0.5) is 0 Å². The van der Waals surface area contributed by atoms with E-state index in [0.717, 1.165) is 44.9 Å². The van der Waals surface area contributed by atoms with Gasteiger partial charge in [-0.25, -0.2) is 4.57 Å². The van der Waals surface area contributed by atoms with E-state index in [1.807, 2.05) is 0 Å². The molecule has 0 aromatic rings. The van der Waals surface area contributed by atoms with E-state index in [0.29, 0.717) is 19.4 Å². The number of hydrogen-bond donors (Lipinski definition) is 2. The summed E-state index contributed by atoms with van der Waals surface area (Å²) in [5, 5.41) is 2.82. The smallest absolute Gasteiger partial charge is 0.462 e. The van der Waals surface area contributed by atoms with Gasteiger partial charge < -0.3 is 19.7 Å². The van der Waals surface area contributed by atoms with Crippen LogP contribution < -0.4 is 5.32 Å². The summed E-state index contributed by atoms with van der Waals surface area (Å²) < 4.78 is 33.2. The average molecular weight is 866 g/mol. The minimum Gasteiger partial charge on any atom is -0.462 e. The fourth-order valence-corrected chi connectivity index (χ4v) is 7.43. The molecule has 0 saturated carbocycles. The standard InChI is InChI=1S/C50H92NO8P/c1-4-6-8-10-12-14-16-18-20-22-23-24-25-27-29-31-33-35-37-39-41-43-50(53)59-48(47-58-60(54,55)57-45-44-51-3)46-56-49(52)42-40-38-36-34-32-30-28-26-21-19-17-15-13-11-9-7-5-2/h18-21,28,30,34,36,48,51H,4-17,22-27,29,31-33,35,37-47H2,1-3H3,(H,54,55)/b20-18-,21-19-,30-28-,36-34-. The second kappa shape index (κ2) is 46.5. The van der Waals surface area contributed by atoms with Crippen molar-refractivity contribution >= 4 is 19.8 Å². The van der Waals surface area contributed by atoms with Crippen molar-refractivity contribution in [1.29, 1.82) is 0 Å². The minimum atomic E-state index is -4.36. The monoisotopic (exact) mass is 866 g/mol. The van der Waals surface area contributed by atoms with Crippen LogP contribution in [0.2, 0.25) is 0 Å². The summed E-state index contributed by atoms with van der Waals surface area (Å²) in [6.45, 7) is 4.18. The van der Waals surface area contributed by atoms with Gasteiger partial charge in [0, 0.05) is 19.4 Å². The van der Waals surface area contributed by atoms with Crippen LogP contribution in [-0.2, 0) is 32.7 Å². The number of allylic oxidation sites excluding steroid dienone is 8. The van der Waals surface area contributed by atoms with Crippen LogP contribution >= 0.6 is 7.82 Å². The molecule has 0 rings (SSSR count). The third kappa shape index (κ3) is 45.5. The lowest BCUT2D eigenvalue weighted by atomic mass is 10.0. The first-order valence-electron chi connectivity index (χ1n) is 24.6. The molecule has 0 aromatic heterocycles. The maximum Gasteiger partial charge on any atom is 0.472 e. The molecular weight excluding hydrogens is 774 g/mol. The van der Waals surface area contributed by atoms with E-state index in [1.165, 1.54) is 135 Å². The molecule has 0 fully saturated rings. The highest BCUT2D eigenvalue weighted by molar-refractivity contribution is 7.47. The number of ether oxygens (including phenoxy) is 2. The van der Waals surface area contributed by atoms with Crippen molar-refractivity contribution in [3.8, 4) is 0 Å². The topological polar surface area (TPSA) is 120 Å². The van der Waals surface area contributed by atoms with Gasteiger partial charge in [0.1, 0.15) is 6.61 Å². The quantitative estimate of drug-likeness (QED) is 0.0267. The predicted octanol–water partition coefficient (Wildman–Crippen LogP) is 14.5. The second-order valence-electron chi connectivity index (χ2n) is 16.3. The van der Waals surface area contributed by atoms with Gasteiger partial charge in [-0.15, -0.1) is 0 Å². The van der Waals surface area contributed by atoms with Crippen molar-refractivity contribution in [2.75, 3.05) is 33.4 Å². The van der Waals surface area contributed by atoms with E-state index in [9.17, 15) is 19.0 Å². The number of hydrogen-bond acceptors (Lipinski definition) is 8. The summed E-state index contributed by atoms with van der Waals surface area (Å²) in [5.41, 5.74) is 0. The van der Waals surface area contributed by atoms with Gasteiger partial charge in [0.25, 0.3) is 0 Å². The summed E-state index contributed by atoms with van der Waals surface area (Å²) in [7, 11) is -2.67. The van der Waals surface area contributed by atoms with Crippen molar-refractivity contribution in [2.24, 2.45) is 0 Å². The van der Waals surface area contributed by atoms with Crippen LogP contribution in [0.15, 0.2) is 48.6 Å². The second-order valence-corrected chi connectivity index (χ2v) is 17.7. The molecule has 0 bridgehead atoms. The molecule has 2 N–H and O–H groups in total. The van der Waals surface area contributed by atoms with Crippen LogP contribution in [-0.4, -0.2) is 56.3 Å². The SMILES string of the molecule is CCCCCCCC/C=C\C/C=C\C/C=C\CCCC(=O)OCC(COP(=O)(O)OCCNC)OC(=O)CCCCCCCCCCCCC/C=C\CCCCCCCC. The third-order valence-corrected chi connectivity index (χ3v) is 11.4. The number of likely N-dealkylation sites (N-methyl/N-ethyl adjacent to an activating group) is 1. The van der Waals surface area contributed by atoms with Crippen molar-refractivity contribution < 1.29 is 37.6 Å². The predicted molar refractivity (Wildman–Crippen MR) is 252 cm³/mol. The number of esters is 2.